The van der Waals surface area contributed by atoms with Crippen LogP contribution in [0.4, 0.5) is 4.39 Å². The molecule has 64 valence electrons. The summed E-state index contributed by atoms with van der Waals surface area (Å²) in [6.07, 6.45) is 0.495. The van der Waals surface area contributed by atoms with Crippen LogP contribution in [-0.4, -0.2) is 5.78 Å². The van der Waals surface area contributed by atoms with E-state index in [1.165, 1.54) is 0 Å². The highest BCUT2D eigenvalue weighted by Crippen LogP contribution is 2.07. The van der Waals surface area contributed by atoms with Gasteiger partial charge in [-0.05, 0) is 5.56 Å². The van der Waals surface area contributed by atoms with Crippen LogP contribution in [0.15, 0.2) is 24.3 Å². The number of benzene rings is 1. The maximum absolute atomic E-state index is 12.1. The van der Waals surface area contributed by atoms with E-state index >= 15 is 0 Å². The molecule has 0 bridgehead atoms. The van der Waals surface area contributed by atoms with Gasteiger partial charge in [-0.15, -0.1) is 0 Å². The Morgan fingerprint density at radius 1 is 1.33 bits per heavy atom. The summed E-state index contributed by atoms with van der Waals surface area (Å²) >= 11 is 0. The Morgan fingerprint density at radius 2 is 1.92 bits per heavy atom. The van der Waals surface area contributed by atoms with E-state index in [-0.39, 0.29) is 5.78 Å². The fourth-order valence-electron chi connectivity index (χ4n) is 0.984. The highest BCUT2D eigenvalue weighted by atomic mass is 19.1. The van der Waals surface area contributed by atoms with E-state index in [0.29, 0.717) is 17.5 Å². The molecule has 12 heavy (non-hydrogen) atoms. The molecule has 1 aromatic rings. The second kappa shape index (κ2) is 4.00. The summed E-state index contributed by atoms with van der Waals surface area (Å²) in [5.41, 5.74) is 1.28. The topological polar surface area (TPSA) is 17.1 Å². The van der Waals surface area contributed by atoms with E-state index < -0.39 is 6.67 Å². The number of alkyl halides is 1. The molecular weight excluding hydrogens is 155 g/mol. The van der Waals surface area contributed by atoms with Crippen molar-refractivity contribution in [3.63, 3.8) is 0 Å². The second-order valence-electron chi connectivity index (χ2n) is 2.61. The number of hydrogen-bond donors (Lipinski definition) is 0. The molecule has 0 aliphatic carbocycles. The van der Waals surface area contributed by atoms with Gasteiger partial charge in [0.1, 0.15) is 6.67 Å². The minimum absolute atomic E-state index is 0.0976. The lowest BCUT2D eigenvalue weighted by Gasteiger charge is -1.98. The van der Waals surface area contributed by atoms with Gasteiger partial charge < -0.3 is 0 Å². The molecule has 1 rings (SSSR count). The molecule has 0 heterocycles. The summed E-state index contributed by atoms with van der Waals surface area (Å²) < 4.78 is 12.1. The summed E-state index contributed by atoms with van der Waals surface area (Å²) in [5.74, 6) is 0.0976. The van der Waals surface area contributed by atoms with Crippen LogP contribution in [0.1, 0.15) is 29.3 Å². The van der Waals surface area contributed by atoms with Gasteiger partial charge in [-0.25, -0.2) is 4.39 Å². The van der Waals surface area contributed by atoms with Crippen molar-refractivity contribution in [2.24, 2.45) is 0 Å². The number of carbonyl (C=O) groups excluding carboxylic acids is 1. The van der Waals surface area contributed by atoms with Gasteiger partial charge in [0.15, 0.2) is 5.78 Å². The minimum atomic E-state index is -0.472. The molecule has 0 aliphatic heterocycles. The SMILES string of the molecule is CCC(=O)c1ccc(CF)cc1. The van der Waals surface area contributed by atoms with Crippen molar-refractivity contribution in [1.29, 1.82) is 0 Å². The molecule has 0 radical (unpaired) electrons. The maximum Gasteiger partial charge on any atom is 0.162 e. The molecule has 0 spiro atoms. The predicted molar refractivity (Wildman–Crippen MR) is 45.9 cm³/mol. The average Bonchev–Trinajstić information content (AvgIpc) is 2.17. The molecular formula is C10H11FO. The van der Waals surface area contributed by atoms with E-state index in [2.05, 4.69) is 0 Å². The lowest BCUT2D eigenvalue weighted by Crippen LogP contribution is -1.95. The first-order chi connectivity index (χ1) is 5.77. The summed E-state index contributed by atoms with van der Waals surface area (Å²) in [7, 11) is 0. The van der Waals surface area contributed by atoms with Gasteiger partial charge >= 0.3 is 0 Å². The molecule has 0 aliphatic rings. The molecule has 0 unspecified atom stereocenters. The number of carbonyl (C=O) groups is 1. The second-order valence-corrected chi connectivity index (χ2v) is 2.61. The zero-order chi connectivity index (χ0) is 8.97. The molecule has 1 aromatic carbocycles. The van der Waals surface area contributed by atoms with Gasteiger partial charge in [0.2, 0.25) is 0 Å². The summed E-state index contributed by atoms with van der Waals surface area (Å²) in [6.45, 7) is 1.34. The molecule has 0 saturated heterocycles. The van der Waals surface area contributed by atoms with E-state index in [0.717, 1.165) is 0 Å². The largest absolute Gasteiger partial charge is 0.294 e. The van der Waals surface area contributed by atoms with Crippen molar-refractivity contribution in [3.8, 4) is 0 Å². The van der Waals surface area contributed by atoms with Gasteiger partial charge in [-0.3, -0.25) is 4.79 Å². The number of ketones is 1. The molecule has 0 aromatic heterocycles. The minimum Gasteiger partial charge on any atom is -0.294 e. The lowest BCUT2D eigenvalue weighted by molar-refractivity contribution is 0.0988. The Morgan fingerprint density at radius 3 is 2.33 bits per heavy atom. The maximum atomic E-state index is 12.1. The highest BCUT2D eigenvalue weighted by molar-refractivity contribution is 5.95. The third-order valence-electron chi connectivity index (χ3n) is 1.75. The van der Waals surface area contributed by atoms with Gasteiger partial charge in [-0.1, -0.05) is 31.2 Å². The Balaban J connectivity index is 2.84. The van der Waals surface area contributed by atoms with E-state index in [1.54, 1.807) is 24.3 Å². The standard InChI is InChI=1S/C10H11FO/c1-2-10(12)9-5-3-8(7-11)4-6-9/h3-6H,2,7H2,1H3. The van der Waals surface area contributed by atoms with Crippen molar-refractivity contribution < 1.29 is 9.18 Å². The molecule has 0 saturated carbocycles. The van der Waals surface area contributed by atoms with Crippen LogP contribution in [-0.2, 0) is 6.67 Å². The first-order valence-electron chi connectivity index (χ1n) is 3.96. The zero-order valence-corrected chi connectivity index (χ0v) is 7.01. The highest BCUT2D eigenvalue weighted by Gasteiger charge is 2.01. The normalized spacial score (nSPS) is 9.83. The average molecular weight is 166 g/mol. The number of Topliss-reactive ketones (excluding diaryl/α,β-unsaturated/α-hetero) is 1. The van der Waals surface area contributed by atoms with E-state index in [1.807, 2.05) is 6.92 Å². The molecule has 0 atom stereocenters. The number of rotatable bonds is 3. The van der Waals surface area contributed by atoms with Crippen molar-refractivity contribution in [2.75, 3.05) is 0 Å². The Hall–Kier alpha value is -1.18. The van der Waals surface area contributed by atoms with E-state index in [9.17, 15) is 9.18 Å². The smallest absolute Gasteiger partial charge is 0.162 e. The van der Waals surface area contributed by atoms with Gasteiger partial charge in [0.05, 0.1) is 0 Å². The predicted octanol–water partition coefficient (Wildman–Crippen LogP) is 2.75. The third-order valence-corrected chi connectivity index (χ3v) is 1.75. The fourth-order valence-corrected chi connectivity index (χ4v) is 0.984. The van der Waals surface area contributed by atoms with Gasteiger partial charge in [-0.2, -0.15) is 0 Å². The first kappa shape index (κ1) is 8.91. The van der Waals surface area contributed by atoms with E-state index in [4.69, 9.17) is 0 Å². The van der Waals surface area contributed by atoms with Crippen LogP contribution in [0.3, 0.4) is 0 Å². The third kappa shape index (κ3) is 1.91. The number of halogens is 1. The van der Waals surface area contributed by atoms with Gasteiger partial charge in [0.25, 0.3) is 0 Å². The summed E-state index contributed by atoms with van der Waals surface area (Å²) in [5, 5.41) is 0. The van der Waals surface area contributed by atoms with Crippen LogP contribution in [0.2, 0.25) is 0 Å². The van der Waals surface area contributed by atoms with Crippen LogP contribution in [0.25, 0.3) is 0 Å². The summed E-state index contributed by atoms with van der Waals surface area (Å²) in [6, 6.07) is 6.62. The zero-order valence-electron chi connectivity index (χ0n) is 7.01. The van der Waals surface area contributed by atoms with Crippen molar-refractivity contribution >= 4 is 5.78 Å². The molecule has 0 amide bonds. The van der Waals surface area contributed by atoms with Crippen molar-refractivity contribution in [3.05, 3.63) is 35.4 Å². The molecule has 0 fully saturated rings. The monoisotopic (exact) mass is 166 g/mol. The van der Waals surface area contributed by atoms with Crippen molar-refractivity contribution in [1.82, 2.24) is 0 Å². The fraction of sp³-hybridized carbons (Fsp3) is 0.300. The van der Waals surface area contributed by atoms with Crippen LogP contribution in [0, 0.1) is 0 Å². The Bertz CT molecular complexity index is 264. The van der Waals surface area contributed by atoms with Crippen LogP contribution >= 0.6 is 0 Å². The van der Waals surface area contributed by atoms with Gasteiger partial charge in [0, 0.05) is 12.0 Å². The Labute approximate surface area is 71.2 Å². The summed E-state index contributed by atoms with van der Waals surface area (Å²) in [4.78, 5) is 11.1. The molecule has 2 heteroatoms. The molecule has 0 N–H and O–H groups in total. The molecule has 1 nitrogen and oxygen atoms in total. The van der Waals surface area contributed by atoms with Crippen LogP contribution in [0.5, 0.6) is 0 Å². The van der Waals surface area contributed by atoms with Crippen LogP contribution < -0.4 is 0 Å². The lowest BCUT2D eigenvalue weighted by atomic mass is 10.1. The van der Waals surface area contributed by atoms with Crippen molar-refractivity contribution in [2.45, 2.75) is 20.0 Å². The number of hydrogen-bond acceptors (Lipinski definition) is 1. The quantitative estimate of drug-likeness (QED) is 0.631. The Kier molecular flexibility index (Phi) is 2.97. The first-order valence-corrected chi connectivity index (χ1v) is 3.96.